The van der Waals surface area contributed by atoms with Gasteiger partial charge in [0, 0.05) is 30.0 Å². The van der Waals surface area contributed by atoms with Gasteiger partial charge >= 0.3 is 0 Å². The standard InChI is InChI=1S/C19H18N2O2S/c1-13(22)20-16-7-5-15(6-8-16)18-12-24-19(21-18)11-14-3-9-17(23-2)10-4-14/h3-10,12H,11H2,1-2H3,(H,20,22). The highest BCUT2D eigenvalue weighted by molar-refractivity contribution is 7.10. The smallest absolute Gasteiger partial charge is 0.221 e. The van der Waals surface area contributed by atoms with Crippen LogP contribution in [0.15, 0.2) is 53.9 Å². The zero-order valence-corrected chi connectivity index (χ0v) is 14.4. The highest BCUT2D eigenvalue weighted by Crippen LogP contribution is 2.25. The van der Waals surface area contributed by atoms with Crippen molar-refractivity contribution in [2.75, 3.05) is 12.4 Å². The molecule has 0 saturated heterocycles. The summed E-state index contributed by atoms with van der Waals surface area (Å²) in [4.78, 5) is 15.8. The summed E-state index contributed by atoms with van der Waals surface area (Å²) in [5, 5.41) is 5.90. The molecule has 0 bridgehead atoms. The summed E-state index contributed by atoms with van der Waals surface area (Å²) in [6.07, 6.45) is 0.804. The molecule has 5 heteroatoms. The van der Waals surface area contributed by atoms with Gasteiger partial charge in [-0.05, 0) is 29.8 Å². The van der Waals surface area contributed by atoms with Gasteiger partial charge in [0.2, 0.25) is 5.91 Å². The number of hydrogen-bond acceptors (Lipinski definition) is 4. The topological polar surface area (TPSA) is 51.2 Å². The van der Waals surface area contributed by atoms with Crippen LogP contribution in [0.5, 0.6) is 5.75 Å². The van der Waals surface area contributed by atoms with Crippen molar-refractivity contribution in [3.8, 4) is 17.0 Å². The zero-order valence-electron chi connectivity index (χ0n) is 13.6. The summed E-state index contributed by atoms with van der Waals surface area (Å²) in [5.41, 5.74) is 4.00. The molecule has 0 saturated carbocycles. The molecule has 2 aromatic carbocycles. The molecule has 1 aromatic heterocycles. The molecule has 0 radical (unpaired) electrons. The first-order chi connectivity index (χ1) is 11.6. The van der Waals surface area contributed by atoms with Crippen LogP contribution in [0.3, 0.4) is 0 Å². The third kappa shape index (κ3) is 4.00. The first kappa shape index (κ1) is 16.2. The summed E-state index contributed by atoms with van der Waals surface area (Å²) < 4.78 is 5.18. The molecular weight excluding hydrogens is 320 g/mol. The molecule has 0 aliphatic carbocycles. The average Bonchev–Trinajstić information content (AvgIpc) is 3.04. The van der Waals surface area contributed by atoms with Crippen molar-refractivity contribution in [1.82, 2.24) is 4.98 Å². The van der Waals surface area contributed by atoms with Crippen LogP contribution in [0.1, 0.15) is 17.5 Å². The fourth-order valence-electron chi connectivity index (χ4n) is 2.37. The van der Waals surface area contributed by atoms with E-state index in [-0.39, 0.29) is 5.91 Å². The van der Waals surface area contributed by atoms with Crippen molar-refractivity contribution in [2.24, 2.45) is 0 Å². The Labute approximate surface area is 145 Å². The number of benzene rings is 2. The summed E-state index contributed by atoms with van der Waals surface area (Å²) in [6, 6.07) is 15.8. The first-order valence-electron chi connectivity index (χ1n) is 7.59. The Balaban J connectivity index is 1.71. The van der Waals surface area contributed by atoms with Gasteiger partial charge < -0.3 is 10.1 Å². The van der Waals surface area contributed by atoms with Gasteiger partial charge in [-0.3, -0.25) is 4.79 Å². The van der Waals surface area contributed by atoms with E-state index in [1.54, 1.807) is 18.4 Å². The van der Waals surface area contributed by atoms with E-state index in [4.69, 9.17) is 9.72 Å². The Morgan fingerprint density at radius 1 is 1.12 bits per heavy atom. The number of amides is 1. The molecule has 3 rings (SSSR count). The Bertz CT molecular complexity index is 823. The molecule has 1 heterocycles. The lowest BCUT2D eigenvalue weighted by Gasteiger charge is -2.03. The number of carbonyl (C=O) groups is 1. The first-order valence-corrected chi connectivity index (χ1v) is 8.47. The average molecular weight is 338 g/mol. The molecule has 0 fully saturated rings. The second kappa shape index (κ2) is 7.27. The van der Waals surface area contributed by atoms with Crippen LogP contribution < -0.4 is 10.1 Å². The number of carbonyl (C=O) groups excluding carboxylic acids is 1. The molecule has 0 aliphatic rings. The Morgan fingerprint density at radius 3 is 2.46 bits per heavy atom. The van der Waals surface area contributed by atoms with Crippen molar-refractivity contribution in [3.63, 3.8) is 0 Å². The second-order valence-electron chi connectivity index (χ2n) is 5.41. The van der Waals surface area contributed by atoms with Crippen molar-refractivity contribution < 1.29 is 9.53 Å². The van der Waals surface area contributed by atoms with E-state index in [0.29, 0.717) is 0 Å². The lowest BCUT2D eigenvalue weighted by Crippen LogP contribution is -2.05. The zero-order chi connectivity index (χ0) is 16.9. The number of aromatic nitrogens is 1. The molecule has 0 aliphatic heterocycles. The van der Waals surface area contributed by atoms with Crippen molar-refractivity contribution in [2.45, 2.75) is 13.3 Å². The maximum absolute atomic E-state index is 11.1. The second-order valence-corrected chi connectivity index (χ2v) is 6.35. The SMILES string of the molecule is COc1ccc(Cc2nc(-c3ccc(NC(C)=O)cc3)cs2)cc1. The van der Waals surface area contributed by atoms with E-state index in [9.17, 15) is 4.79 Å². The molecule has 0 atom stereocenters. The van der Waals surface area contributed by atoms with Crippen LogP contribution in [-0.2, 0) is 11.2 Å². The lowest BCUT2D eigenvalue weighted by molar-refractivity contribution is -0.114. The normalized spacial score (nSPS) is 10.4. The maximum atomic E-state index is 11.1. The van der Waals surface area contributed by atoms with Gasteiger partial charge in [0.05, 0.1) is 17.8 Å². The highest BCUT2D eigenvalue weighted by Gasteiger charge is 2.06. The van der Waals surface area contributed by atoms with E-state index >= 15 is 0 Å². The van der Waals surface area contributed by atoms with Crippen molar-refractivity contribution >= 4 is 22.9 Å². The van der Waals surface area contributed by atoms with Crippen LogP contribution in [0.2, 0.25) is 0 Å². The van der Waals surface area contributed by atoms with Crippen LogP contribution in [0.25, 0.3) is 11.3 Å². The van der Waals surface area contributed by atoms with Gasteiger partial charge in [0.15, 0.2) is 0 Å². The molecular formula is C19H18N2O2S. The van der Waals surface area contributed by atoms with E-state index in [1.807, 2.05) is 36.4 Å². The van der Waals surface area contributed by atoms with Crippen molar-refractivity contribution in [1.29, 1.82) is 0 Å². The third-order valence-corrected chi connectivity index (χ3v) is 4.42. The van der Waals surface area contributed by atoms with Gasteiger partial charge in [-0.2, -0.15) is 0 Å². The van der Waals surface area contributed by atoms with E-state index < -0.39 is 0 Å². The maximum Gasteiger partial charge on any atom is 0.221 e. The quantitative estimate of drug-likeness (QED) is 0.751. The number of anilines is 1. The molecule has 1 amide bonds. The summed E-state index contributed by atoms with van der Waals surface area (Å²) >= 11 is 1.65. The molecule has 0 unspecified atom stereocenters. The summed E-state index contributed by atoms with van der Waals surface area (Å²) in [7, 11) is 1.67. The van der Waals surface area contributed by atoms with Gasteiger partial charge in [-0.15, -0.1) is 11.3 Å². The molecule has 24 heavy (non-hydrogen) atoms. The number of rotatable bonds is 5. The van der Waals surface area contributed by atoms with Crippen molar-refractivity contribution in [3.05, 3.63) is 64.5 Å². The van der Waals surface area contributed by atoms with Crippen LogP contribution in [0.4, 0.5) is 5.69 Å². The number of thiazole rings is 1. The predicted octanol–water partition coefficient (Wildman–Crippen LogP) is 4.37. The number of nitrogens with zero attached hydrogens (tertiary/aromatic N) is 1. The summed E-state index contributed by atoms with van der Waals surface area (Å²) in [5.74, 6) is 0.788. The number of hydrogen-bond donors (Lipinski definition) is 1. The molecule has 122 valence electrons. The lowest BCUT2D eigenvalue weighted by atomic mass is 10.1. The van der Waals surface area contributed by atoms with Gasteiger partial charge in [0.1, 0.15) is 5.75 Å². The predicted molar refractivity (Wildman–Crippen MR) is 97.7 cm³/mol. The number of ether oxygens (including phenoxy) is 1. The molecule has 3 aromatic rings. The van der Waals surface area contributed by atoms with Gasteiger partial charge in [-0.1, -0.05) is 24.3 Å². The van der Waals surface area contributed by atoms with Crippen LogP contribution in [0, 0.1) is 0 Å². The minimum absolute atomic E-state index is 0.0711. The molecule has 4 nitrogen and oxygen atoms in total. The fraction of sp³-hybridized carbons (Fsp3) is 0.158. The van der Waals surface area contributed by atoms with E-state index in [1.165, 1.54) is 12.5 Å². The third-order valence-electron chi connectivity index (χ3n) is 3.57. The minimum Gasteiger partial charge on any atom is -0.497 e. The molecule has 1 N–H and O–H groups in total. The van der Waals surface area contributed by atoms with E-state index in [2.05, 4.69) is 22.8 Å². The highest BCUT2D eigenvalue weighted by atomic mass is 32.1. The number of methoxy groups -OCH3 is 1. The largest absolute Gasteiger partial charge is 0.497 e. The fourth-order valence-corrected chi connectivity index (χ4v) is 3.21. The van der Waals surface area contributed by atoms with Crippen LogP contribution in [-0.4, -0.2) is 18.0 Å². The van der Waals surface area contributed by atoms with Gasteiger partial charge in [0.25, 0.3) is 0 Å². The number of nitrogens with one attached hydrogen (secondary N) is 1. The van der Waals surface area contributed by atoms with E-state index in [0.717, 1.165) is 34.1 Å². The Morgan fingerprint density at radius 2 is 1.83 bits per heavy atom. The minimum atomic E-state index is -0.0711. The molecule has 0 spiro atoms. The monoisotopic (exact) mass is 338 g/mol. The summed E-state index contributed by atoms with van der Waals surface area (Å²) in [6.45, 7) is 1.50. The Hall–Kier alpha value is -2.66. The van der Waals surface area contributed by atoms with Crippen LogP contribution >= 0.6 is 11.3 Å². The van der Waals surface area contributed by atoms with Gasteiger partial charge in [-0.25, -0.2) is 4.98 Å². The Kier molecular flexibility index (Phi) is 4.91.